The highest BCUT2D eigenvalue weighted by Gasteiger charge is 2.49. The molecule has 0 aromatic heterocycles. The van der Waals surface area contributed by atoms with Crippen LogP contribution in [0.4, 0.5) is 0 Å². The summed E-state index contributed by atoms with van der Waals surface area (Å²) in [5.74, 6) is -0.207. The summed E-state index contributed by atoms with van der Waals surface area (Å²) < 4.78 is 0. The van der Waals surface area contributed by atoms with Gasteiger partial charge in [0.15, 0.2) is 0 Å². The Hall–Kier alpha value is -1.35. The van der Waals surface area contributed by atoms with E-state index in [1.165, 1.54) is 0 Å². The molecule has 1 fully saturated rings. The lowest BCUT2D eigenvalue weighted by atomic mass is 9.73. The van der Waals surface area contributed by atoms with Crippen molar-refractivity contribution >= 4 is 5.97 Å². The van der Waals surface area contributed by atoms with Crippen LogP contribution >= 0.6 is 0 Å². The summed E-state index contributed by atoms with van der Waals surface area (Å²) in [4.78, 5) is 13.8. The first kappa shape index (κ1) is 14.1. The minimum absolute atomic E-state index is 0.243. The van der Waals surface area contributed by atoms with Gasteiger partial charge in [-0.15, -0.1) is 0 Å². The molecule has 0 aliphatic carbocycles. The van der Waals surface area contributed by atoms with Gasteiger partial charge in [0.25, 0.3) is 0 Å². The van der Waals surface area contributed by atoms with E-state index in [9.17, 15) is 9.90 Å². The largest absolute Gasteiger partial charge is 0.480 e. The molecule has 1 heterocycles. The van der Waals surface area contributed by atoms with Crippen molar-refractivity contribution in [2.24, 2.45) is 11.3 Å². The van der Waals surface area contributed by atoms with E-state index in [1.54, 1.807) is 0 Å². The highest BCUT2D eigenvalue weighted by atomic mass is 16.4. The summed E-state index contributed by atoms with van der Waals surface area (Å²) in [7, 11) is 0. The number of hydrogen-bond donors (Lipinski definition) is 1. The number of hydrogen-bond acceptors (Lipinski definition) is 2. The topological polar surface area (TPSA) is 40.5 Å². The Labute approximate surface area is 115 Å². The first-order chi connectivity index (χ1) is 8.76. The van der Waals surface area contributed by atoms with Gasteiger partial charge < -0.3 is 5.11 Å². The van der Waals surface area contributed by atoms with Gasteiger partial charge in [0.05, 0.1) is 0 Å². The molecule has 1 atom stereocenters. The van der Waals surface area contributed by atoms with E-state index in [4.69, 9.17) is 0 Å². The summed E-state index contributed by atoms with van der Waals surface area (Å²) in [5.41, 5.74) is 0.185. The Morgan fingerprint density at radius 1 is 1.16 bits per heavy atom. The van der Waals surface area contributed by atoms with Gasteiger partial charge in [0, 0.05) is 13.1 Å². The maximum absolute atomic E-state index is 11.8. The van der Waals surface area contributed by atoms with Crippen LogP contribution in [0.2, 0.25) is 0 Å². The molecule has 104 valence electrons. The molecule has 0 bridgehead atoms. The van der Waals surface area contributed by atoms with Gasteiger partial charge in [0.2, 0.25) is 0 Å². The van der Waals surface area contributed by atoms with E-state index >= 15 is 0 Å². The lowest BCUT2D eigenvalue weighted by Crippen LogP contribution is -2.62. The molecule has 1 N–H and O–H groups in total. The van der Waals surface area contributed by atoms with Gasteiger partial charge in [-0.25, -0.2) is 4.79 Å². The molecule has 0 radical (unpaired) electrons. The molecule has 19 heavy (non-hydrogen) atoms. The average molecular weight is 261 g/mol. The maximum Gasteiger partial charge on any atom is 0.328 e. The Morgan fingerprint density at radius 3 is 2.11 bits per heavy atom. The van der Waals surface area contributed by atoms with Gasteiger partial charge in [0.1, 0.15) is 5.54 Å². The molecular formula is C16H23NO2. The first-order valence-electron chi connectivity index (χ1n) is 6.80. The van der Waals surface area contributed by atoms with Gasteiger partial charge in [-0.1, -0.05) is 51.1 Å². The lowest BCUT2D eigenvalue weighted by molar-refractivity contribution is -0.159. The standard InChI is InChI=1S/C16H23NO2/c1-15(2,3)13-10-17(11-13)16(4,14(18)19)12-8-6-5-7-9-12/h5-9,13H,10-11H2,1-4H3,(H,18,19). The smallest absolute Gasteiger partial charge is 0.328 e. The van der Waals surface area contributed by atoms with Gasteiger partial charge in [-0.05, 0) is 23.8 Å². The fourth-order valence-corrected chi connectivity index (χ4v) is 2.60. The molecule has 0 amide bonds. The van der Waals surface area contributed by atoms with Gasteiger partial charge in [-0.2, -0.15) is 0 Å². The number of carboxylic acid groups (broad SMARTS) is 1. The van der Waals surface area contributed by atoms with Crippen LogP contribution in [0.3, 0.4) is 0 Å². The average Bonchev–Trinajstić information content (AvgIpc) is 2.25. The molecule has 1 unspecified atom stereocenters. The number of benzene rings is 1. The second kappa shape index (κ2) is 4.64. The van der Waals surface area contributed by atoms with Crippen LogP contribution in [0.25, 0.3) is 0 Å². The zero-order valence-electron chi connectivity index (χ0n) is 12.2. The van der Waals surface area contributed by atoms with E-state index in [0.29, 0.717) is 5.92 Å². The predicted octanol–water partition coefficient (Wildman–Crippen LogP) is 2.96. The van der Waals surface area contributed by atoms with Crippen LogP contribution in [0.5, 0.6) is 0 Å². The van der Waals surface area contributed by atoms with Crippen molar-refractivity contribution in [1.29, 1.82) is 0 Å². The van der Waals surface area contributed by atoms with Crippen molar-refractivity contribution in [2.45, 2.75) is 33.2 Å². The van der Waals surface area contributed by atoms with E-state index in [1.807, 2.05) is 37.3 Å². The molecule has 1 aliphatic rings. The zero-order valence-corrected chi connectivity index (χ0v) is 12.2. The number of likely N-dealkylation sites (tertiary alicyclic amines) is 1. The van der Waals surface area contributed by atoms with Crippen LogP contribution in [-0.2, 0) is 10.3 Å². The minimum Gasteiger partial charge on any atom is -0.480 e. The molecule has 0 saturated carbocycles. The number of carbonyl (C=O) groups is 1. The highest BCUT2D eigenvalue weighted by Crippen LogP contribution is 2.41. The van der Waals surface area contributed by atoms with E-state index in [-0.39, 0.29) is 5.41 Å². The highest BCUT2D eigenvalue weighted by molar-refractivity contribution is 5.80. The SMILES string of the molecule is CC(C)(C)C1CN(C(C)(C(=O)O)c2ccccc2)C1. The van der Waals surface area contributed by atoms with Crippen LogP contribution in [0.1, 0.15) is 33.3 Å². The van der Waals surface area contributed by atoms with Crippen molar-refractivity contribution in [2.75, 3.05) is 13.1 Å². The Kier molecular flexibility index (Phi) is 3.43. The van der Waals surface area contributed by atoms with Crippen LogP contribution in [0.15, 0.2) is 30.3 Å². The summed E-state index contributed by atoms with van der Waals surface area (Å²) in [5, 5.41) is 9.67. The summed E-state index contributed by atoms with van der Waals surface area (Å²) in [6.07, 6.45) is 0. The van der Waals surface area contributed by atoms with Crippen LogP contribution in [0, 0.1) is 11.3 Å². The van der Waals surface area contributed by atoms with E-state index < -0.39 is 11.5 Å². The van der Waals surface area contributed by atoms with Crippen molar-refractivity contribution in [1.82, 2.24) is 4.90 Å². The van der Waals surface area contributed by atoms with E-state index in [2.05, 4.69) is 25.7 Å². The molecule has 1 aromatic rings. The summed E-state index contributed by atoms with van der Waals surface area (Å²) in [6.45, 7) is 10.2. The van der Waals surface area contributed by atoms with Crippen molar-refractivity contribution < 1.29 is 9.90 Å². The van der Waals surface area contributed by atoms with Crippen molar-refractivity contribution in [3.05, 3.63) is 35.9 Å². The molecule has 2 rings (SSSR count). The second-order valence-corrected chi connectivity index (χ2v) is 6.71. The summed E-state index contributed by atoms with van der Waals surface area (Å²) in [6, 6.07) is 9.52. The van der Waals surface area contributed by atoms with E-state index in [0.717, 1.165) is 18.7 Å². The van der Waals surface area contributed by atoms with Gasteiger partial charge in [-0.3, -0.25) is 4.90 Å². The fraction of sp³-hybridized carbons (Fsp3) is 0.562. The first-order valence-corrected chi connectivity index (χ1v) is 6.80. The van der Waals surface area contributed by atoms with Crippen LogP contribution in [-0.4, -0.2) is 29.1 Å². The molecule has 1 aromatic carbocycles. The van der Waals surface area contributed by atoms with Crippen molar-refractivity contribution in [3.8, 4) is 0 Å². The molecule has 3 nitrogen and oxygen atoms in total. The molecule has 1 saturated heterocycles. The normalized spacial score (nSPS) is 20.6. The Morgan fingerprint density at radius 2 is 1.68 bits per heavy atom. The molecule has 1 aliphatic heterocycles. The zero-order chi connectivity index (χ0) is 14.3. The number of nitrogens with zero attached hydrogens (tertiary/aromatic N) is 1. The molecule has 3 heteroatoms. The maximum atomic E-state index is 11.8. The number of aliphatic carboxylic acids is 1. The third-order valence-electron chi connectivity index (χ3n) is 4.49. The third-order valence-corrected chi connectivity index (χ3v) is 4.49. The monoisotopic (exact) mass is 261 g/mol. The summed E-state index contributed by atoms with van der Waals surface area (Å²) >= 11 is 0. The van der Waals surface area contributed by atoms with Gasteiger partial charge >= 0.3 is 5.97 Å². The molecular weight excluding hydrogens is 238 g/mol. The molecule has 0 spiro atoms. The second-order valence-electron chi connectivity index (χ2n) is 6.71. The Balaban J connectivity index is 2.22. The quantitative estimate of drug-likeness (QED) is 0.909. The number of rotatable bonds is 3. The Bertz CT molecular complexity index is 457. The third kappa shape index (κ3) is 2.39. The lowest BCUT2D eigenvalue weighted by Gasteiger charge is -2.52. The minimum atomic E-state index is -0.914. The van der Waals surface area contributed by atoms with Crippen LogP contribution < -0.4 is 0 Å². The predicted molar refractivity (Wildman–Crippen MR) is 75.9 cm³/mol. The number of carboxylic acids is 1. The van der Waals surface area contributed by atoms with Crippen molar-refractivity contribution in [3.63, 3.8) is 0 Å². The fourth-order valence-electron chi connectivity index (χ4n) is 2.60.